The van der Waals surface area contributed by atoms with E-state index >= 15 is 0 Å². The zero-order valence-corrected chi connectivity index (χ0v) is 15.2. The lowest BCUT2D eigenvalue weighted by Crippen LogP contribution is -2.37. The maximum Gasteiger partial charge on any atom is 0.420 e. The summed E-state index contributed by atoms with van der Waals surface area (Å²) >= 11 is 0. The van der Waals surface area contributed by atoms with E-state index in [9.17, 15) is 14.4 Å². The SMILES string of the molecule is CCCOc1cc(C(=O)OC(CC)CC)cnc1OC(=O)NC(=O)CN. The molecule has 2 amide bonds. The van der Waals surface area contributed by atoms with Crippen molar-refractivity contribution in [1.82, 2.24) is 10.3 Å². The largest absolute Gasteiger partial charge is 0.488 e. The van der Waals surface area contributed by atoms with Gasteiger partial charge in [-0.1, -0.05) is 20.8 Å². The molecule has 0 fully saturated rings. The van der Waals surface area contributed by atoms with E-state index in [1.807, 2.05) is 26.1 Å². The van der Waals surface area contributed by atoms with Crippen LogP contribution < -0.4 is 20.5 Å². The minimum Gasteiger partial charge on any atom is -0.488 e. The quantitative estimate of drug-likeness (QED) is 0.632. The fourth-order valence-electron chi connectivity index (χ4n) is 1.89. The highest BCUT2D eigenvalue weighted by molar-refractivity contribution is 5.93. The number of imide groups is 1. The molecule has 0 saturated carbocycles. The van der Waals surface area contributed by atoms with Gasteiger partial charge in [0.05, 0.1) is 18.7 Å². The Bertz CT molecular complexity index is 631. The normalized spacial score (nSPS) is 10.3. The van der Waals surface area contributed by atoms with Crippen LogP contribution in [0.25, 0.3) is 0 Å². The van der Waals surface area contributed by atoms with Crippen LogP contribution >= 0.6 is 0 Å². The van der Waals surface area contributed by atoms with E-state index in [4.69, 9.17) is 19.9 Å². The third-order valence-corrected chi connectivity index (χ3v) is 3.32. The van der Waals surface area contributed by atoms with E-state index in [1.54, 1.807) is 0 Å². The molecule has 0 unspecified atom stereocenters. The van der Waals surface area contributed by atoms with Gasteiger partial charge in [0.15, 0.2) is 5.75 Å². The van der Waals surface area contributed by atoms with Crippen molar-refractivity contribution >= 4 is 18.0 Å². The molecule has 1 aromatic rings. The summed E-state index contributed by atoms with van der Waals surface area (Å²) in [6.45, 7) is 5.71. The highest BCUT2D eigenvalue weighted by Crippen LogP contribution is 2.26. The Balaban J connectivity index is 2.96. The van der Waals surface area contributed by atoms with Crippen LogP contribution in [-0.4, -0.2) is 42.2 Å². The summed E-state index contributed by atoms with van der Waals surface area (Å²) in [5, 5.41) is 1.93. The maximum atomic E-state index is 12.2. The number of hydrogen-bond donors (Lipinski definition) is 2. The molecular formula is C17H25N3O6. The first kappa shape index (κ1) is 21.4. The van der Waals surface area contributed by atoms with E-state index in [0.717, 1.165) is 0 Å². The smallest absolute Gasteiger partial charge is 0.420 e. The van der Waals surface area contributed by atoms with Crippen molar-refractivity contribution in [3.63, 3.8) is 0 Å². The number of nitrogens with two attached hydrogens (primary N) is 1. The lowest BCUT2D eigenvalue weighted by atomic mass is 10.2. The number of carbonyl (C=O) groups is 3. The first-order valence-electron chi connectivity index (χ1n) is 8.50. The number of aromatic nitrogens is 1. The first-order valence-corrected chi connectivity index (χ1v) is 8.50. The van der Waals surface area contributed by atoms with Crippen molar-refractivity contribution in [3.8, 4) is 11.6 Å². The summed E-state index contributed by atoms with van der Waals surface area (Å²) in [5.74, 6) is -1.31. The van der Waals surface area contributed by atoms with Gasteiger partial charge in [0, 0.05) is 12.3 Å². The van der Waals surface area contributed by atoms with Crippen LogP contribution in [0.4, 0.5) is 4.79 Å². The lowest BCUT2D eigenvalue weighted by Gasteiger charge is -2.15. The second-order valence-corrected chi connectivity index (χ2v) is 5.36. The van der Waals surface area contributed by atoms with Crippen molar-refractivity contribution in [3.05, 3.63) is 17.8 Å². The van der Waals surface area contributed by atoms with Crippen LogP contribution in [0.3, 0.4) is 0 Å². The molecule has 1 heterocycles. The number of nitrogens with one attached hydrogen (secondary N) is 1. The molecule has 0 bridgehead atoms. The number of nitrogens with zero attached hydrogens (tertiary/aromatic N) is 1. The topological polar surface area (TPSA) is 130 Å². The molecule has 0 spiro atoms. The predicted octanol–water partition coefficient (Wildman–Crippen LogP) is 1.79. The summed E-state index contributed by atoms with van der Waals surface area (Å²) in [4.78, 5) is 38.9. The van der Waals surface area contributed by atoms with E-state index < -0.39 is 18.0 Å². The van der Waals surface area contributed by atoms with Crippen LogP contribution in [-0.2, 0) is 9.53 Å². The molecule has 0 saturated heterocycles. The Hall–Kier alpha value is -2.68. The molecule has 0 atom stereocenters. The van der Waals surface area contributed by atoms with E-state index in [-0.39, 0.29) is 29.8 Å². The maximum absolute atomic E-state index is 12.2. The van der Waals surface area contributed by atoms with Crippen molar-refractivity contribution in [1.29, 1.82) is 0 Å². The minimum absolute atomic E-state index is 0.0983. The van der Waals surface area contributed by atoms with Crippen molar-refractivity contribution in [2.24, 2.45) is 5.73 Å². The van der Waals surface area contributed by atoms with E-state index in [1.165, 1.54) is 12.3 Å². The van der Waals surface area contributed by atoms with Gasteiger partial charge in [0.25, 0.3) is 5.88 Å². The number of ether oxygens (including phenoxy) is 3. The summed E-state index contributed by atoms with van der Waals surface area (Å²) in [7, 11) is 0. The van der Waals surface area contributed by atoms with Gasteiger partial charge in [0.2, 0.25) is 5.91 Å². The van der Waals surface area contributed by atoms with Crippen molar-refractivity contribution in [2.75, 3.05) is 13.2 Å². The molecular weight excluding hydrogens is 342 g/mol. The Morgan fingerprint density at radius 2 is 1.92 bits per heavy atom. The van der Waals surface area contributed by atoms with Gasteiger partial charge >= 0.3 is 12.1 Å². The molecule has 9 nitrogen and oxygen atoms in total. The van der Waals surface area contributed by atoms with Crippen molar-refractivity contribution < 1.29 is 28.6 Å². The first-order chi connectivity index (χ1) is 12.4. The third kappa shape index (κ3) is 6.67. The average Bonchev–Trinajstić information content (AvgIpc) is 2.64. The molecule has 1 rings (SSSR count). The fourth-order valence-corrected chi connectivity index (χ4v) is 1.89. The zero-order chi connectivity index (χ0) is 19.5. The van der Waals surface area contributed by atoms with Crippen LogP contribution in [0.5, 0.6) is 11.6 Å². The van der Waals surface area contributed by atoms with Gasteiger partial charge in [-0.2, -0.15) is 0 Å². The van der Waals surface area contributed by atoms with Gasteiger partial charge in [-0.15, -0.1) is 0 Å². The molecule has 26 heavy (non-hydrogen) atoms. The van der Waals surface area contributed by atoms with E-state index in [0.29, 0.717) is 25.9 Å². The Kier molecular flexibility index (Phi) is 9.07. The van der Waals surface area contributed by atoms with Gasteiger partial charge in [-0.3, -0.25) is 10.1 Å². The van der Waals surface area contributed by atoms with Crippen molar-refractivity contribution in [2.45, 2.75) is 46.1 Å². The van der Waals surface area contributed by atoms with Crippen LogP contribution in [0.1, 0.15) is 50.4 Å². The molecule has 0 aliphatic carbocycles. The fraction of sp³-hybridized carbons (Fsp3) is 0.529. The summed E-state index contributed by atoms with van der Waals surface area (Å²) in [6, 6.07) is 1.39. The Morgan fingerprint density at radius 1 is 1.23 bits per heavy atom. The second kappa shape index (κ2) is 11.0. The minimum atomic E-state index is -1.04. The number of pyridine rings is 1. The van der Waals surface area contributed by atoms with Gasteiger partial charge in [-0.25, -0.2) is 14.6 Å². The second-order valence-electron chi connectivity index (χ2n) is 5.36. The molecule has 1 aromatic heterocycles. The highest BCUT2D eigenvalue weighted by atomic mass is 16.6. The van der Waals surface area contributed by atoms with E-state index in [2.05, 4.69) is 4.98 Å². The third-order valence-electron chi connectivity index (χ3n) is 3.32. The van der Waals surface area contributed by atoms with Gasteiger partial charge in [0.1, 0.15) is 6.10 Å². The summed E-state index contributed by atoms with van der Waals surface area (Å²) in [5.41, 5.74) is 5.29. The van der Waals surface area contributed by atoms with Gasteiger partial charge in [-0.05, 0) is 19.3 Å². The predicted molar refractivity (Wildman–Crippen MR) is 93.0 cm³/mol. The van der Waals surface area contributed by atoms with Gasteiger partial charge < -0.3 is 19.9 Å². The summed E-state index contributed by atoms with van der Waals surface area (Å²) in [6.07, 6.45) is 2.08. The molecule has 0 radical (unpaired) electrons. The molecule has 9 heteroatoms. The number of carbonyl (C=O) groups excluding carboxylic acids is 3. The standard InChI is InChI=1S/C17H25N3O6/c1-4-7-24-13-8-11(16(22)25-12(5-2)6-3)10-19-15(13)26-17(23)20-14(21)9-18/h8,10,12H,4-7,9,18H2,1-3H3,(H,20,21,23). The zero-order valence-electron chi connectivity index (χ0n) is 15.2. The Labute approximate surface area is 152 Å². The highest BCUT2D eigenvalue weighted by Gasteiger charge is 2.19. The average molecular weight is 367 g/mol. The number of hydrogen-bond acceptors (Lipinski definition) is 8. The summed E-state index contributed by atoms with van der Waals surface area (Å²) < 4.78 is 15.8. The number of amides is 2. The molecule has 3 N–H and O–H groups in total. The molecule has 0 aliphatic heterocycles. The molecule has 0 aliphatic rings. The van der Waals surface area contributed by atoms with Crippen LogP contribution in [0.15, 0.2) is 12.3 Å². The molecule has 144 valence electrons. The molecule has 0 aromatic carbocycles. The Morgan fingerprint density at radius 3 is 2.50 bits per heavy atom. The van der Waals surface area contributed by atoms with Crippen LogP contribution in [0.2, 0.25) is 0 Å². The monoisotopic (exact) mass is 367 g/mol. The lowest BCUT2D eigenvalue weighted by molar-refractivity contribution is -0.118. The van der Waals surface area contributed by atoms with Crippen LogP contribution in [0, 0.1) is 0 Å². The number of rotatable bonds is 9. The number of esters is 1.